The lowest BCUT2D eigenvalue weighted by atomic mass is 9.64. The molecule has 0 aromatic rings. The van der Waals surface area contributed by atoms with Crippen LogP contribution >= 0.6 is 0 Å². The van der Waals surface area contributed by atoms with Gasteiger partial charge in [-0.05, 0) is 42.7 Å². The molecule has 0 aromatic heterocycles. The van der Waals surface area contributed by atoms with Gasteiger partial charge < -0.3 is 0 Å². The molecule has 2 aliphatic rings. The van der Waals surface area contributed by atoms with Crippen molar-refractivity contribution in [3.8, 4) is 0 Å². The van der Waals surface area contributed by atoms with Gasteiger partial charge in [-0.2, -0.15) is 0 Å². The first-order valence-corrected chi connectivity index (χ1v) is 7.96. The number of carbonyl (C=O) groups is 2. The molecule has 0 N–H and O–H groups in total. The molecular formula is C18H26O2. The Kier molecular flexibility index (Phi) is 4.62. The van der Waals surface area contributed by atoms with Crippen LogP contribution in [-0.4, -0.2) is 11.6 Å². The summed E-state index contributed by atoms with van der Waals surface area (Å²) in [6.45, 7) is 8.56. The van der Waals surface area contributed by atoms with E-state index in [0.29, 0.717) is 17.8 Å². The minimum Gasteiger partial charge on any atom is -0.295 e. The standard InChI is InChI=1S/C18H26O2/c1-5-13-8-7-9-16(19)18(13)15-10-17(20)14(6-2)11(3)12(15)4/h7,9-14,18H,5-6,8H2,1-4H3. The summed E-state index contributed by atoms with van der Waals surface area (Å²) >= 11 is 0. The van der Waals surface area contributed by atoms with E-state index >= 15 is 0 Å². The van der Waals surface area contributed by atoms with E-state index < -0.39 is 0 Å². The highest BCUT2D eigenvalue weighted by molar-refractivity contribution is 5.99. The van der Waals surface area contributed by atoms with Crippen LogP contribution < -0.4 is 0 Å². The lowest BCUT2D eigenvalue weighted by Crippen LogP contribution is -2.37. The van der Waals surface area contributed by atoms with E-state index in [1.807, 2.05) is 12.2 Å². The molecule has 2 rings (SSSR count). The first-order valence-electron chi connectivity index (χ1n) is 7.96. The molecule has 0 aromatic carbocycles. The van der Waals surface area contributed by atoms with Gasteiger partial charge in [-0.25, -0.2) is 0 Å². The maximum atomic E-state index is 12.3. The number of carbonyl (C=O) groups excluding carboxylic acids is 2. The summed E-state index contributed by atoms with van der Waals surface area (Å²) in [6, 6.07) is 0. The third kappa shape index (κ3) is 2.53. The Labute approximate surface area is 122 Å². The van der Waals surface area contributed by atoms with E-state index in [1.54, 1.807) is 6.08 Å². The van der Waals surface area contributed by atoms with Crippen molar-refractivity contribution in [1.29, 1.82) is 0 Å². The van der Waals surface area contributed by atoms with Crippen LogP contribution in [0.15, 0.2) is 23.8 Å². The predicted octanol–water partition coefficient (Wildman–Crippen LogP) is 3.97. The van der Waals surface area contributed by atoms with Gasteiger partial charge in [0.2, 0.25) is 0 Å². The molecule has 0 spiro atoms. The minimum absolute atomic E-state index is 0.0655. The lowest BCUT2D eigenvalue weighted by Gasteiger charge is -2.39. The first-order chi connectivity index (χ1) is 9.51. The molecule has 0 fully saturated rings. The molecule has 110 valence electrons. The van der Waals surface area contributed by atoms with E-state index in [1.165, 1.54) is 0 Å². The highest BCUT2D eigenvalue weighted by atomic mass is 16.1. The topological polar surface area (TPSA) is 34.1 Å². The quantitative estimate of drug-likeness (QED) is 0.780. The summed E-state index contributed by atoms with van der Waals surface area (Å²) in [5, 5.41) is 0. The SMILES string of the molecule is CCC1CC=CC(=O)C1C1=CC(=O)C(CC)C(C)C1C. The second-order valence-corrected chi connectivity index (χ2v) is 6.40. The Morgan fingerprint density at radius 2 is 1.80 bits per heavy atom. The summed E-state index contributed by atoms with van der Waals surface area (Å²) in [7, 11) is 0. The summed E-state index contributed by atoms with van der Waals surface area (Å²) < 4.78 is 0. The number of rotatable bonds is 3. The monoisotopic (exact) mass is 274 g/mol. The van der Waals surface area contributed by atoms with Crippen molar-refractivity contribution < 1.29 is 9.59 Å². The van der Waals surface area contributed by atoms with Crippen LogP contribution in [0.5, 0.6) is 0 Å². The second-order valence-electron chi connectivity index (χ2n) is 6.40. The van der Waals surface area contributed by atoms with Crippen LogP contribution in [0.1, 0.15) is 47.0 Å². The number of allylic oxidation sites excluding steroid dienone is 4. The number of ketones is 2. The van der Waals surface area contributed by atoms with Gasteiger partial charge in [0.05, 0.1) is 0 Å². The summed E-state index contributed by atoms with van der Waals surface area (Å²) in [5.74, 6) is 1.50. The van der Waals surface area contributed by atoms with Crippen molar-refractivity contribution in [3.63, 3.8) is 0 Å². The van der Waals surface area contributed by atoms with Gasteiger partial charge in [-0.3, -0.25) is 9.59 Å². The Hall–Kier alpha value is -1.18. The smallest absolute Gasteiger partial charge is 0.162 e. The van der Waals surface area contributed by atoms with Gasteiger partial charge in [0, 0.05) is 11.8 Å². The van der Waals surface area contributed by atoms with Crippen LogP contribution in [0, 0.1) is 29.6 Å². The highest BCUT2D eigenvalue weighted by Gasteiger charge is 2.40. The Bertz CT molecular complexity index is 458. The zero-order valence-corrected chi connectivity index (χ0v) is 13.1. The molecule has 0 bridgehead atoms. The fourth-order valence-electron chi connectivity index (χ4n) is 3.93. The second kappa shape index (κ2) is 6.07. The lowest BCUT2D eigenvalue weighted by molar-refractivity contribution is -0.121. The van der Waals surface area contributed by atoms with Crippen molar-refractivity contribution in [2.75, 3.05) is 0 Å². The van der Waals surface area contributed by atoms with Gasteiger partial charge in [-0.1, -0.05) is 45.8 Å². The minimum atomic E-state index is -0.0655. The largest absolute Gasteiger partial charge is 0.295 e. The molecule has 0 aliphatic heterocycles. The van der Waals surface area contributed by atoms with Crippen molar-refractivity contribution in [2.24, 2.45) is 29.6 Å². The molecule has 5 unspecified atom stereocenters. The Morgan fingerprint density at radius 1 is 1.10 bits per heavy atom. The van der Waals surface area contributed by atoms with Crippen molar-refractivity contribution in [2.45, 2.75) is 47.0 Å². The molecular weight excluding hydrogens is 248 g/mol. The van der Waals surface area contributed by atoms with Crippen molar-refractivity contribution in [3.05, 3.63) is 23.8 Å². The van der Waals surface area contributed by atoms with Crippen LogP contribution in [0.3, 0.4) is 0 Å². The maximum Gasteiger partial charge on any atom is 0.162 e. The van der Waals surface area contributed by atoms with Crippen LogP contribution in [-0.2, 0) is 9.59 Å². The maximum absolute atomic E-state index is 12.3. The van der Waals surface area contributed by atoms with Gasteiger partial charge in [-0.15, -0.1) is 0 Å². The van der Waals surface area contributed by atoms with E-state index in [9.17, 15) is 9.59 Å². The van der Waals surface area contributed by atoms with Crippen LogP contribution in [0.4, 0.5) is 0 Å². The van der Waals surface area contributed by atoms with Crippen LogP contribution in [0.2, 0.25) is 0 Å². The Balaban J connectivity index is 2.37. The van der Waals surface area contributed by atoms with E-state index in [2.05, 4.69) is 27.7 Å². The molecule has 0 radical (unpaired) electrons. The predicted molar refractivity (Wildman–Crippen MR) is 81.2 cm³/mol. The van der Waals surface area contributed by atoms with E-state index in [4.69, 9.17) is 0 Å². The molecule has 2 nitrogen and oxygen atoms in total. The molecule has 2 heteroatoms. The first kappa shape index (κ1) is 15.2. The van der Waals surface area contributed by atoms with Gasteiger partial charge in [0.25, 0.3) is 0 Å². The number of hydrogen-bond acceptors (Lipinski definition) is 2. The Morgan fingerprint density at radius 3 is 2.40 bits per heavy atom. The number of hydrogen-bond donors (Lipinski definition) is 0. The third-order valence-corrected chi connectivity index (χ3v) is 5.45. The average Bonchev–Trinajstić information content (AvgIpc) is 2.43. The normalized spacial score (nSPS) is 38.0. The third-order valence-electron chi connectivity index (χ3n) is 5.45. The molecule has 0 amide bonds. The molecule has 20 heavy (non-hydrogen) atoms. The molecule has 5 atom stereocenters. The van der Waals surface area contributed by atoms with Gasteiger partial charge in [0.1, 0.15) is 0 Å². The molecule has 0 saturated heterocycles. The fraction of sp³-hybridized carbons (Fsp3) is 0.667. The highest BCUT2D eigenvalue weighted by Crippen LogP contribution is 2.42. The van der Waals surface area contributed by atoms with Gasteiger partial charge >= 0.3 is 0 Å². The van der Waals surface area contributed by atoms with Crippen molar-refractivity contribution in [1.82, 2.24) is 0 Å². The summed E-state index contributed by atoms with van der Waals surface area (Å²) in [4.78, 5) is 24.7. The molecule has 0 saturated carbocycles. The van der Waals surface area contributed by atoms with Crippen molar-refractivity contribution >= 4 is 11.6 Å². The van der Waals surface area contributed by atoms with Gasteiger partial charge in [0.15, 0.2) is 11.6 Å². The summed E-state index contributed by atoms with van der Waals surface area (Å²) in [6.07, 6.45) is 8.35. The van der Waals surface area contributed by atoms with E-state index in [0.717, 1.165) is 24.8 Å². The fourth-order valence-corrected chi connectivity index (χ4v) is 3.93. The zero-order chi connectivity index (χ0) is 14.9. The van der Waals surface area contributed by atoms with Crippen LogP contribution in [0.25, 0.3) is 0 Å². The molecule has 2 aliphatic carbocycles. The zero-order valence-electron chi connectivity index (χ0n) is 13.1. The summed E-state index contributed by atoms with van der Waals surface area (Å²) in [5.41, 5.74) is 1.09. The van der Waals surface area contributed by atoms with E-state index in [-0.39, 0.29) is 23.4 Å². The average molecular weight is 274 g/mol. The molecule has 0 heterocycles.